The van der Waals surface area contributed by atoms with E-state index in [2.05, 4.69) is 5.32 Å². The number of amides is 1. The van der Waals surface area contributed by atoms with Crippen molar-refractivity contribution >= 4 is 50.8 Å². The van der Waals surface area contributed by atoms with Crippen molar-refractivity contribution in [2.45, 2.75) is 0 Å². The Bertz CT molecular complexity index is 1220. The zero-order valence-corrected chi connectivity index (χ0v) is 15.9. The second-order valence-corrected chi connectivity index (χ2v) is 7.27. The Morgan fingerprint density at radius 1 is 1.10 bits per heavy atom. The lowest BCUT2D eigenvalue weighted by Gasteiger charge is -2.06. The third-order valence-corrected chi connectivity index (χ3v) is 5.43. The molecule has 0 atom stereocenters. The van der Waals surface area contributed by atoms with E-state index >= 15 is 0 Å². The van der Waals surface area contributed by atoms with Crippen molar-refractivity contribution < 1.29 is 27.9 Å². The molecule has 0 aliphatic heterocycles. The summed E-state index contributed by atoms with van der Waals surface area (Å²) in [5, 5.41) is 13.5. The number of rotatable bonds is 4. The van der Waals surface area contributed by atoms with Crippen molar-refractivity contribution in [3.63, 3.8) is 0 Å². The Morgan fingerprint density at radius 2 is 1.79 bits per heavy atom. The molecule has 0 saturated heterocycles. The first kappa shape index (κ1) is 19.1. The van der Waals surface area contributed by atoms with Gasteiger partial charge in [0.25, 0.3) is 5.91 Å². The van der Waals surface area contributed by atoms with E-state index in [0.717, 1.165) is 28.9 Å². The average Bonchev–Trinajstić information content (AvgIpc) is 3.29. The summed E-state index contributed by atoms with van der Waals surface area (Å²) in [5.41, 5.74) is 0.259. The van der Waals surface area contributed by atoms with Crippen LogP contribution in [0.4, 0.5) is 13.8 Å². The highest BCUT2D eigenvalue weighted by molar-refractivity contribution is 7.15. The molecule has 2 aromatic carbocycles. The van der Waals surface area contributed by atoms with Crippen LogP contribution in [-0.2, 0) is 0 Å². The number of carboxylic acid groups (broad SMARTS) is 1. The molecule has 0 saturated carbocycles. The summed E-state index contributed by atoms with van der Waals surface area (Å²) in [6, 6.07) is 10.4. The quantitative estimate of drug-likeness (QED) is 0.384. The van der Waals surface area contributed by atoms with Crippen molar-refractivity contribution in [2.24, 2.45) is 0 Å². The van der Waals surface area contributed by atoms with Crippen molar-refractivity contribution in [3.05, 3.63) is 75.8 Å². The van der Waals surface area contributed by atoms with E-state index in [1.54, 1.807) is 24.3 Å². The lowest BCUT2D eigenvalue weighted by molar-refractivity contribution is 0.0699. The van der Waals surface area contributed by atoms with Crippen LogP contribution in [0.2, 0.25) is 5.02 Å². The monoisotopic (exact) mass is 433 g/mol. The fourth-order valence-electron chi connectivity index (χ4n) is 2.84. The number of thiophene rings is 1. The van der Waals surface area contributed by atoms with Crippen LogP contribution in [0.3, 0.4) is 0 Å². The number of fused-ring (bicyclic) bond motifs is 1. The number of aromatic carboxylic acids is 1. The predicted octanol–water partition coefficient (Wildman–Crippen LogP) is 6.04. The first-order valence-corrected chi connectivity index (χ1v) is 9.40. The highest BCUT2D eigenvalue weighted by Crippen LogP contribution is 2.37. The number of hydrogen-bond donors (Lipinski definition) is 2. The predicted molar refractivity (Wildman–Crippen MR) is 106 cm³/mol. The minimum Gasteiger partial charge on any atom is -0.478 e. The number of furan rings is 1. The molecule has 0 bridgehead atoms. The maximum Gasteiger partial charge on any atom is 0.339 e. The Morgan fingerprint density at radius 3 is 2.45 bits per heavy atom. The lowest BCUT2D eigenvalue weighted by atomic mass is 10.0. The molecule has 146 valence electrons. The average molecular weight is 434 g/mol. The van der Waals surface area contributed by atoms with Crippen LogP contribution in [-0.4, -0.2) is 17.0 Å². The van der Waals surface area contributed by atoms with Crippen molar-refractivity contribution in [3.8, 4) is 11.1 Å². The smallest absolute Gasteiger partial charge is 0.339 e. The second-order valence-electron chi connectivity index (χ2n) is 6.02. The van der Waals surface area contributed by atoms with Crippen LogP contribution < -0.4 is 5.32 Å². The number of nitrogens with one attached hydrogen (secondary N) is 1. The lowest BCUT2D eigenvalue weighted by Crippen LogP contribution is -2.12. The number of anilines is 1. The zero-order valence-electron chi connectivity index (χ0n) is 14.3. The maximum absolute atomic E-state index is 13.8. The molecule has 2 heterocycles. The van der Waals surface area contributed by atoms with E-state index in [0.29, 0.717) is 5.58 Å². The van der Waals surface area contributed by atoms with E-state index in [4.69, 9.17) is 16.0 Å². The number of halogens is 3. The van der Waals surface area contributed by atoms with Gasteiger partial charge in [-0.05, 0) is 29.8 Å². The van der Waals surface area contributed by atoms with Crippen molar-refractivity contribution in [2.75, 3.05) is 5.32 Å². The Hall–Kier alpha value is -3.23. The summed E-state index contributed by atoms with van der Waals surface area (Å²) in [7, 11) is 0. The van der Waals surface area contributed by atoms with Gasteiger partial charge in [-0.1, -0.05) is 29.8 Å². The normalized spacial score (nSPS) is 11.0. The fourth-order valence-corrected chi connectivity index (χ4v) is 3.91. The van der Waals surface area contributed by atoms with E-state index < -0.39 is 28.5 Å². The minimum atomic E-state index is -1.36. The number of benzene rings is 2. The van der Waals surface area contributed by atoms with Crippen LogP contribution >= 0.6 is 22.9 Å². The molecule has 29 heavy (non-hydrogen) atoms. The van der Waals surface area contributed by atoms with E-state index in [1.807, 2.05) is 0 Å². The number of carbonyl (C=O) groups excluding carboxylic acids is 1. The molecule has 0 spiro atoms. The second kappa shape index (κ2) is 7.31. The van der Waals surface area contributed by atoms with Crippen LogP contribution in [0.25, 0.3) is 22.1 Å². The zero-order chi connectivity index (χ0) is 20.7. The van der Waals surface area contributed by atoms with E-state index in [-0.39, 0.29) is 27.5 Å². The molecule has 0 aliphatic rings. The highest BCUT2D eigenvalue weighted by Gasteiger charge is 2.24. The van der Waals surface area contributed by atoms with Crippen LogP contribution in [0.5, 0.6) is 0 Å². The van der Waals surface area contributed by atoms with E-state index in [9.17, 15) is 23.5 Å². The molecule has 0 radical (unpaired) electrons. The molecule has 4 aromatic rings. The van der Waals surface area contributed by atoms with Gasteiger partial charge in [0.05, 0.1) is 0 Å². The summed E-state index contributed by atoms with van der Waals surface area (Å²) in [5.74, 6) is -4.04. The van der Waals surface area contributed by atoms with Gasteiger partial charge in [-0.25, -0.2) is 13.6 Å². The SMILES string of the molecule is O=C(Nc1scc(-c2cc(F)c(Cl)c(F)c2)c1C(=O)O)c1cc2ccccc2o1. The molecular formula is C20H10ClF2NO4S. The van der Waals surface area contributed by atoms with Gasteiger partial charge in [0, 0.05) is 16.3 Å². The summed E-state index contributed by atoms with van der Waals surface area (Å²) < 4.78 is 33.1. The third kappa shape index (κ3) is 3.48. The maximum atomic E-state index is 13.8. The number of carbonyl (C=O) groups is 2. The molecule has 0 aliphatic carbocycles. The first-order chi connectivity index (χ1) is 13.8. The number of carboxylic acids is 1. The van der Waals surface area contributed by atoms with E-state index in [1.165, 1.54) is 11.4 Å². The summed E-state index contributed by atoms with van der Waals surface area (Å²) in [4.78, 5) is 24.3. The summed E-state index contributed by atoms with van der Waals surface area (Å²) in [6.45, 7) is 0. The van der Waals surface area contributed by atoms with Crippen LogP contribution in [0.1, 0.15) is 20.9 Å². The summed E-state index contributed by atoms with van der Waals surface area (Å²) >= 11 is 6.40. The Kier molecular flexibility index (Phi) is 4.81. The van der Waals surface area contributed by atoms with Gasteiger partial charge in [-0.15, -0.1) is 11.3 Å². The van der Waals surface area contributed by atoms with Crippen molar-refractivity contribution in [1.29, 1.82) is 0 Å². The number of hydrogen-bond acceptors (Lipinski definition) is 4. The van der Waals surface area contributed by atoms with Gasteiger partial charge in [0.2, 0.25) is 0 Å². The molecule has 1 amide bonds. The van der Waals surface area contributed by atoms with Gasteiger partial charge in [0.15, 0.2) is 5.76 Å². The molecule has 2 aromatic heterocycles. The van der Waals surface area contributed by atoms with Gasteiger partial charge in [0.1, 0.15) is 32.8 Å². The van der Waals surface area contributed by atoms with Crippen molar-refractivity contribution in [1.82, 2.24) is 0 Å². The van der Waals surface area contributed by atoms with Crippen LogP contribution in [0, 0.1) is 11.6 Å². The minimum absolute atomic E-state index is 0.000991. The molecule has 4 rings (SSSR count). The first-order valence-electron chi connectivity index (χ1n) is 8.14. The molecular weight excluding hydrogens is 424 g/mol. The topological polar surface area (TPSA) is 79.5 Å². The Labute approximate surface area is 171 Å². The molecule has 0 unspecified atom stereocenters. The molecule has 0 fully saturated rings. The van der Waals surface area contributed by atoms with Gasteiger partial charge in [-0.2, -0.15) is 0 Å². The molecule has 9 heteroatoms. The number of para-hydroxylation sites is 1. The van der Waals surface area contributed by atoms with Gasteiger partial charge in [-0.3, -0.25) is 4.79 Å². The van der Waals surface area contributed by atoms with Crippen LogP contribution in [0.15, 0.2) is 52.3 Å². The van der Waals surface area contributed by atoms with Gasteiger partial charge < -0.3 is 14.8 Å². The highest BCUT2D eigenvalue weighted by atomic mass is 35.5. The third-order valence-electron chi connectivity index (χ3n) is 4.18. The summed E-state index contributed by atoms with van der Waals surface area (Å²) in [6.07, 6.45) is 0. The van der Waals surface area contributed by atoms with Gasteiger partial charge >= 0.3 is 5.97 Å². The molecule has 2 N–H and O–H groups in total. The fraction of sp³-hybridized carbons (Fsp3) is 0. The Balaban J connectivity index is 1.71. The largest absolute Gasteiger partial charge is 0.478 e. The molecule has 5 nitrogen and oxygen atoms in total. The standard InChI is InChI=1S/C20H10ClF2NO4S/c21-17-12(22)5-10(6-13(17)23)11-8-29-19(16(11)20(26)27)24-18(25)15-7-9-3-1-2-4-14(9)28-15/h1-8H,(H,24,25)(H,26,27).